The Morgan fingerprint density at radius 3 is 2.52 bits per heavy atom. The number of hydrogen-bond donors (Lipinski definition) is 3. The van der Waals surface area contributed by atoms with Crippen LogP contribution >= 0.6 is 20.7 Å². The standard InChI is InChI=1S/C20H21F2IN2O4/c1-4-24-19(28)25-14-6-7-15(12(2)9-14)16-10-13(20(21,22)23-3)5-8-17(16)29-11-18(26)27/h5-10H,3-4,11H2,1-2H3,(H,26,27)(H2,24,25,28). The molecule has 0 aliphatic heterocycles. The number of alkyl halides is 3. The number of anilines is 1. The molecule has 0 aromatic heterocycles. The molecular weight excluding hydrogens is 497 g/mol. The summed E-state index contributed by atoms with van der Waals surface area (Å²) in [5, 5.41) is 14.2. The number of carboxylic acids is 1. The molecule has 29 heavy (non-hydrogen) atoms. The molecule has 156 valence electrons. The molecular formula is C20H21F2IN2O4. The van der Waals surface area contributed by atoms with Gasteiger partial charge in [0, 0.05) is 23.4 Å². The van der Waals surface area contributed by atoms with Crippen molar-refractivity contribution in [1.29, 1.82) is 0 Å². The van der Waals surface area contributed by atoms with Crippen molar-refractivity contribution in [2.75, 3.05) is 18.5 Å². The summed E-state index contributed by atoms with van der Waals surface area (Å²) in [7, 11) is 0. The van der Waals surface area contributed by atoms with E-state index in [4.69, 9.17) is 9.84 Å². The van der Waals surface area contributed by atoms with Crippen LogP contribution < -0.4 is 15.4 Å². The Kier molecular flexibility index (Phi) is 7.66. The minimum absolute atomic E-state index is 0.182. The van der Waals surface area contributed by atoms with Gasteiger partial charge in [-0.2, -0.15) is 8.78 Å². The minimum Gasteiger partial charge on any atom is -0.481 e. The second kappa shape index (κ2) is 9.77. The summed E-state index contributed by atoms with van der Waals surface area (Å²) in [6.07, 6.45) is 0. The van der Waals surface area contributed by atoms with Gasteiger partial charge in [-0.05, 0) is 76.0 Å². The van der Waals surface area contributed by atoms with Crippen molar-refractivity contribution in [2.24, 2.45) is 0 Å². The fourth-order valence-corrected chi connectivity index (χ4v) is 3.41. The highest BCUT2D eigenvalue weighted by Gasteiger charge is 2.29. The van der Waals surface area contributed by atoms with Crippen LogP contribution in [0.1, 0.15) is 18.1 Å². The van der Waals surface area contributed by atoms with Gasteiger partial charge < -0.3 is 20.5 Å². The van der Waals surface area contributed by atoms with Crippen molar-refractivity contribution in [3.05, 3.63) is 47.5 Å². The number of nitrogens with one attached hydrogen (secondary N) is 2. The van der Waals surface area contributed by atoms with E-state index >= 15 is 0 Å². The van der Waals surface area contributed by atoms with Crippen LogP contribution in [-0.2, 0) is 8.72 Å². The number of aliphatic carboxylic acids is 1. The number of benzene rings is 2. The lowest BCUT2D eigenvalue weighted by atomic mass is 9.97. The highest BCUT2D eigenvalue weighted by molar-refractivity contribution is 14.2. The van der Waals surface area contributed by atoms with E-state index < -0.39 is 37.2 Å². The Morgan fingerprint density at radius 1 is 1.21 bits per heavy atom. The summed E-state index contributed by atoms with van der Waals surface area (Å²) in [5.41, 5.74) is 1.98. The molecule has 0 aliphatic carbocycles. The highest BCUT2D eigenvalue weighted by atomic mass is 127. The van der Waals surface area contributed by atoms with Crippen molar-refractivity contribution >= 4 is 42.9 Å². The Morgan fingerprint density at radius 2 is 1.93 bits per heavy atom. The molecule has 3 N–H and O–H groups in total. The van der Waals surface area contributed by atoms with E-state index in [2.05, 4.69) is 15.1 Å². The molecule has 0 fully saturated rings. The second-order valence-electron chi connectivity index (χ2n) is 6.04. The first-order valence-electron chi connectivity index (χ1n) is 8.60. The molecule has 0 aliphatic rings. The number of urea groups is 1. The number of rotatable bonds is 8. The molecule has 0 saturated heterocycles. The minimum atomic E-state index is -3.02. The average molecular weight is 518 g/mol. The molecule has 0 bridgehead atoms. The summed E-state index contributed by atoms with van der Waals surface area (Å²) in [6, 6.07) is 8.53. The Labute approximate surface area is 177 Å². The number of halogens is 3. The molecule has 9 heteroatoms. The molecule has 6 nitrogen and oxygen atoms in total. The number of hydrogen-bond acceptors (Lipinski definition) is 3. The van der Waals surface area contributed by atoms with Gasteiger partial charge >= 0.3 is 15.9 Å². The summed E-state index contributed by atoms with van der Waals surface area (Å²) in [4.78, 5) is 22.6. The van der Waals surface area contributed by atoms with E-state index in [9.17, 15) is 18.4 Å². The predicted octanol–water partition coefficient (Wildman–Crippen LogP) is 4.72. The van der Waals surface area contributed by atoms with E-state index in [0.29, 0.717) is 28.9 Å². The number of carboxylic acid groups (broad SMARTS) is 1. The van der Waals surface area contributed by atoms with Crippen LogP contribution in [0.4, 0.5) is 19.3 Å². The van der Waals surface area contributed by atoms with Crippen LogP contribution in [0.25, 0.3) is 11.1 Å². The smallest absolute Gasteiger partial charge is 0.341 e. The summed E-state index contributed by atoms with van der Waals surface area (Å²) in [6.45, 7) is 3.44. The van der Waals surface area contributed by atoms with Crippen molar-refractivity contribution in [3.8, 4) is 16.9 Å². The second-order valence-corrected chi connectivity index (χ2v) is 8.16. The van der Waals surface area contributed by atoms with Gasteiger partial charge in [0.15, 0.2) is 6.61 Å². The van der Waals surface area contributed by atoms with Gasteiger partial charge in [0.05, 0.1) is 0 Å². The van der Waals surface area contributed by atoms with Gasteiger partial charge in [0.1, 0.15) is 5.75 Å². The van der Waals surface area contributed by atoms with E-state index in [1.807, 2.05) is 0 Å². The van der Waals surface area contributed by atoms with Crippen molar-refractivity contribution in [2.45, 2.75) is 17.8 Å². The van der Waals surface area contributed by atoms with Crippen molar-refractivity contribution in [1.82, 2.24) is 5.32 Å². The third-order valence-corrected chi connectivity index (χ3v) is 5.52. The molecule has 0 radical (unpaired) electrons. The average Bonchev–Trinajstić information content (AvgIpc) is 2.66. The summed E-state index contributed by atoms with van der Waals surface area (Å²) >= 11 is -1.63. The maximum atomic E-state index is 14.2. The Balaban J connectivity index is 2.49. The third kappa shape index (κ3) is 5.96. The van der Waals surface area contributed by atoms with Gasteiger partial charge in [-0.15, -0.1) is 0 Å². The van der Waals surface area contributed by atoms with E-state index in [1.165, 1.54) is 18.2 Å². The molecule has 2 aromatic carbocycles. The van der Waals surface area contributed by atoms with Crippen LogP contribution in [0.5, 0.6) is 5.75 Å². The summed E-state index contributed by atoms with van der Waals surface area (Å²) < 4.78 is 34.1. The monoisotopic (exact) mass is 518 g/mol. The maximum Gasteiger partial charge on any atom is 0.341 e. The van der Waals surface area contributed by atoms with Crippen LogP contribution in [0, 0.1) is 6.92 Å². The number of aryl methyl sites for hydroxylation is 1. The molecule has 0 heterocycles. The van der Waals surface area contributed by atoms with Gasteiger partial charge in [-0.1, -0.05) is 10.6 Å². The van der Waals surface area contributed by atoms with Gasteiger partial charge in [-0.3, -0.25) is 0 Å². The quantitative estimate of drug-likeness (QED) is 0.349. The van der Waals surface area contributed by atoms with Gasteiger partial charge in [0.25, 0.3) is 0 Å². The fourth-order valence-electron chi connectivity index (χ4n) is 2.64. The lowest BCUT2D eigenvalue weighted by Crippen LogP contribution is -2.28. The zero-order chi connectivity index (χ0) is 21.6. The fraction of sp³-hybridized carbons (Fsp3) is 0.250. The number of carbonyl (C=O) groups excluding carboxylic acids is 1. The molecule has 0 unspecified atom stereocenters. The first-order valence-corrected chi connectivity index (χ1v) is 11.2. The SMILES string of the molecule is C=IC(F)(F)c1ccc(OCC(=O)O)c(-c2ccc(NC(=O)NCC)cc2C)c1. The lowest BCUT2D eigenvalue weighted by molar-refractivity contribution is -0.139. The van der Waals surface area contributed by atoms with Gasteiger partial charge in [0.2, 0.25) is 0 Å². The number of carbonyl (C=O) groups is 2. The van der Waals surface area contributed by atoms with Crippen LogP contribution in [0.2, 0.25) is 0 Å². The van der Waals surface area contributed by atoms with Crippen LogP contribution in [0.15, 0.2) is 36.4 Å². The normalized spacial score (nSPS) is 11.0. The van der Waals surface area contributed by atoms with Crippen LogP contribution in [-0.4, -0.2) is 34.8 Å². The molecule has 0 spiro atoms. The zero-order valence-corrected chi connectivity index (χ0v) is 18.0. The first kappa shape index (κ1) is 22.7. The maximum absolute atomic E-state index is 14.2. The highest BCUT2D eigenvalue weighted by Crippen LogP contribution is 2.43. The topological polar surface area (TPSA) is 87.7 Å². The van der Waals surface area contributed by atoms with E-state index in [1.54, 1.807) is 32.0 Å². The van der Waals surface area contributed by atoms with E-state index in [-0.39, 0.29) is 17.3 Å². The third-order valence-electron chi connectivity index (χ3n) is 3.94. The number of ether oxygens (including phenoxy) is 1. The zero-order valence-electron chi connectivity index (χ0n) is 15.9. The lowest BCUT2D eigenvalue weighted by Gasteiger charge is -2.18. The predicted molar refractivity (Wildman–Crippen MR) is 117 cm³/mol. The largest absolute Gasteiger partial charge is 0.481 e. The Hall–Kier alpha value is -2.56. The molecule has 2 aromatic rings. The molecule has 0 saturated carbocycles. The van der Waals surface area contributed by atoms with E-state index in [0.717, 1.165) is 0 Å². The molecule has 2 amide bonds. The van der Waals surface area contributed by atoms with Crippen molar-refractivity contribution < 1.29 is 28.2 Å². The molecule has 2 rings (SSSR count). The molecule has 0 atom stereocenters. The van der Waals surface area contributed by atoms with Gasteiger partial charge in [-0.25, -0.2) is 9.59 Å². The number of amides is 2. The van der Waals surface area contributed by atoms with Crippen molar-refractivity contribution in [3.63, 3.8) is 0 Å². The summed E-state index contributed by atoms with van der Waals surface area (Å²) in [5.74, 6) is -0.992. The van der Waals surface area contributed by atoms with Crippen LogP contribution in [0.3, 0.4) is 0 Å². The Bertz CT molecular complexity index is 935. The first-order chi connectivity index (χ1) is 13.7.